The highest BCUT2D eigenvalue weighted by atomic mass is 35.5. The largest absolute Gasteiger partial charge is 0.314 e. The van der Waals surface area contributed by atoms with Crippen LogP contribution in [0.5, 0.6) is 0 Å². The molecule has 1 N–H and O–H groups in total. The quantitative estimate of drug-likeness (QED) is 0.476. The molecule has 0 atom stereocenters. The van der Waals surface area contributed by atoms with Crippen LogP contribution >= 0.6 is 12.4 Å². The minimum absolute atomic E-state index is 0. The van der Waals surface area contributed by atoms with E-state index in [1.807, 2.05) is 0 Å². The highest BCUT2D eigenvalue weighted by Crippen LogP contribution is 2.33. The second kappa shape index (κ2) is 10.6. The van der Waals surface area contributed by atoms with E-state index in [9.17, 15) is 9.18 Å². The Morgan fingerprint density at radius 3 is 2.44 bits per heavy atom. The zero-order valence-corrected chi connectivity index (χ0v) is 16.7. The Morgan fingerprint density at radius 1 is 1.07 bits per heavy atom. The van der Waals surface area contributed by atoms with Crippen molar-refractivity contribution in [2.75, 3.05) is 6.54 Å². The van der Waals surface area contributed by atoms with Gasteiger partial charge in [0, 0.05) is 18.0 Å². The minimum atomic E-state index is -0.301. The molecule has 1 aliphatic carbocycles. The van der Waals surface area contributed by atoms with Crippen molar-refractivity contribution in [1.82, 2.24) is 5.32 Å². The van der Waals surface area contributed by atoms with Crippen LogP contribution in [0.15, 0.2) is 48.5 Å². The first-order valence-electron chi connectivity index (χ1n) is 9.70. The van der Waals surface area contributed by atoms with Gasteiger partial charge in [0.15, 0.2) is 5.78 Å². The van der Waals surface area contributed by atoms with Gasteiger partial charge in [0.25, 0.3) is 0 Å². The van der Waals surface area contributed by atoms with Gasteiger partial charge < -0.3 is 5.32 Å². The van der Waals surface area contributed by atoms with Crippen LogP contribution in [0.3, 0.4) is 0 Å². The number of benzene rings is 2. The SMILES string of the molecule is Cc1cccc(C2CCC(NCCCC(=O)c3ccc(F)cc3)CC2)c1.Cl. The molecule has 2 aromatic rings. The van der Waals surface area contributed by atoms with Crippen molar-refractivity contribution in [3.63, 3.8) is 0 Å². The number of carbonyl (C=O) groups is 1. The smallest absolute Gasteiger partial charge is 0.162 e. The molecular formula is C23H29ClFNO. The molecule has 146 valence electrons. The standard InChI is InChI=1S/C23H28FNO.ClH/c1-17-4-2-5-20(16-17)18-9-13-22(14-10-18)25-15-3-6-23(26)19-7-11-21(24)12-8-19;/h2,4-5,7-8,11-12,16,18,22,25H,3,6,9-10,13-15H2,1H3;1H. The zero-order chi connectivity index (χ0) is 18.4. The van der Waals surface area contributed by atoms with E-state index in [0.717, 1.165) is 13.0 Å². The Kier molecular flexibility index (Phi) is 8.46. The first kappa shape index (κ1) is 21.6. The normalized spacial score (nSPS) is 19.3. The van der Waals surface area contributed by atoms with Crippen LogP contribution in [0.25, 0.3) is 0 Å². The third-order valence-corrected chi connectivity index (χ3v) is 5.42. The Labute approximate surface area is 168 Å². The van der Waals surface area contributed by atoms with Gasteiger partial charge in [-0.2, -0.15) is 0 Å². The minimum Gasteiger partial charge on any atom is -0.314 e. The summed E-state index contributed by atoms with van der Waals surface area (Å²) in [7, 11) is 0. The van der Waals surface area contributed by atoms with Gasteiger partial charge in [-0.25, -0.2) is 4.39 Å². The molecule has 1 fully saturated rings. The van der Waals surface area contributed by atoms with E-state index >= 15 is 0 Å². The molecule has 27 heavy (non-hydrogen) atoms. The second-order valence-corrected chi connectivity index (χ2v) is 7.45. The maximum absolute atomic E-state index is 12.9. The predicted molar refractivity (Wildman–Crippen MR) is 111 cm³/mol. The van der Waals surface area contributed by atoms with E-state index in [-0.39, 0.29) is 24.0 Å². The van der Waals surface area contributed by atoms with Crippen molar-refractivity contribution in [1.29, 1.82) is 0 Å². The van der Waals surface area contributed by atoms with Crippen LogP contribution < -0.4 is 5.32 Å². The van der Waals surface area contributed by atoms with Crippen LogP contribution in [0.2, 0.25) is 0 Å². The van der Waals surface area contributed by atoms with Crippen LogP contribution in [-0.2, 0) is 0 Å². The number of aryl methyl sites for hydroxylation is 1. The molecule has 0 unspecified atom stereocenters. The van der Waals surface area contributed by atoms with Crippen LogP contribution in [-0.4, -0.2) is 18.4 Å². The average Bonchev–Trinajstić information content (AvgIpc) is 2.66. The van der Waals surface area contributed by atoms with E-state index in [4.69, 9.17) is 0 Å². The molecular weight excluding hydrogens is 361 g/mol. The molecule has 1 saturated carbocycles. The van der Waals surface area contributed by atoms with Crippen LogP contribution in [0, 0.1) is 12.7 Å². The van der Waals surface area contributed by atoms with Crippen molar-refractivity contribution in [2.24, 2.45) is 0 Å². The van der Waals surface area contributed by atoms with E-state index in [1.165, 1.54) is 48.9 Å². The topological polar surface area (TPSA) is 29.1 Å². The lowest BCUT2D eigenvalue weighted by molar-refractivity contribution is 0.0979. The average molecular weight is 390 g/mol. The second-order valence-electron chi connectivity index (χ2n) is 7.45. The molecule has 4 heteroatoms. The fourth-order valence-corrected chi connectivity index (χ4v) is 3.89. The van der Waals surface area contributed by atoms with Crippen LogP contribution in [0.4, 0.5) is 4.39 Å². The predicted octanol–water partition coefficient (Wildman–Crippen LogP) is 5.83. The Balaban J connectivity index is 0.00000261. The zero-order valence-electron chi connectivity index (χ0n) is 15.9. The van der Waals surface area contributed by atoms with Crippen molar-refractivity contribution in [2.45, 2.75) is 57.4 Å². The summed E-state index contributed by atoms with van der Waals surface area (Å²) in [5.74, 6) is 0.479. The number of hydrogen-bond acceptors (Lipinski definition) is 2. The van der Waals surface area contributed by atoms with E-state index < -0.39 is 0 Å². The number of rotatable bonds is 7. The Morgan fingerprint density at radius 2 is 1.78 bits per heavy atom. The molecule has 0 aliphatic heterocycles. The molecule has 2 nitrogen and oxygen atoms in total. The van der Waals surface area contributed by atoms with Gasteiger partial charge in [0.2, 0.25) is 0 Å². The molecule has 0 amide bonds. The molecule has 0 spiro atoms. The number of hydrogen-bond donors (Lipinski definition) is 1. The van der Waals surface area contributed by atoms with Gasteiger partial charge in [-0.3, -0.25) is 4.79 Å². The maximum atomic E-state index is 12.9. The lowest BCUT2D eigenvalue weighted by Gasteiger charge is -2.29. The van der Waals surface area contributed by atoms with E-state index in [1.54, 1.807) is 12.1 Å². The van der Waals surface area contributed by atoms with E-state index in [2.05, 4.69) is 36.5 Å². The first-order chi connectivity index (χ1) is 12.6. The highest BCUT2D eigenvalue weighted by molar-refractivity contribution is 5.95. The lowest BCUT2D eigenvalue weighted by atomic mass is 9.81. The maximum Gasteiger partial charge on any atom is 0.162 e. The Hall–Kier alpha value is -1.71. The van der Waals surface area contributed by atoms with Gasteiger partial charge >= 0.3 is 0 Å². The van der Waals surface area contributed by atoms with E-state index in [0.29, 0.717) is 23.9 Å². The molecule has 0 saturated heterocycles. The third-order valence-electron chi connectivity index (χ3n) is 5.42. The molecule has 0 heterocycles. The van der Waals surface area contributed by atoms with Crippen molar-refractivity contribution < 1.29 is 9.18 Å². The molecule has 3 rings (SSSR count). The summed E-state index contributed by atoms with van der Waals surface area (Å²) in [4.78, 5) is 12.1. The fourth-order valence-electron chi connectivity index (χ4n) is 3.89. The van der Waals surface area contributed by atoms with Crippen molar-refractivity contribution >= 4 is 18.2 Å². The van der Waals surface area contributed by atoms with Gasteiger partial charge in [-0.05, 0) is 81.3 Å². The number of ketones is 1. The summed E-state index contributed by atoms with van der Waals surface area (Å²) in [6.45, 7) is 3.02. The molecule has 2 aromatic carbocycles. The highest BCUT2D eigenvalue weighted by Gasteiger charge is 2.21. The number of carbonyl (C=O) groups excluding carboxylic acids is 1. The lowest BCUT2D eigenvalue weighted by Crippen LogP contribution is -2.33. The summed E-state index contributed by atoms with van der Waals surface area (Å²) >= 11 is 0. The molecule has 1 aliphatic rings. The summed E-state index contributed by atoms with van der Waals surface area (Å²) < 4.78 is 12.9. The summed E-state index contributed by atoms with van der Waals surface area (Å²) in [6.07, 6.45) is 6.20. The van der Waals surface area contributed by atoms with Crippen molar-refractivity contribution in [3.05, 3.63) is 71.0 Å². The molecule has 0 bridgehead atoms. The first-order valence-corrected chi connectivity index (χ1v) is 9.70. The Bertz CT molecular complexity index is 723. The summed E-state index contributed by atoms with van der Waals surface area (Å²) in [5, 5.41) is 3.61. The molecule has 0 radical (unpaired) electrons. The number of halogens is 2. The number of nitrogens with one attached hydrogen (secondary N) is 1. The van der Waals surface area contributed by atoms with Gasteiger partial charge in [0.05, 0.1) is 0 Å². The van der Waals surface area contributed by atoms with Gasteiger partial charge in [-0.15, -0.1) is 12.4 Å². The monoisotopic (exact) mass is 389 g/mol. The third kappa shape index (κ3) is 6.44. The number of Topliss-reactive ketones (excluding diaryl/α,β-unsaturated/α-hetero) is 1. The van der Waals surface area contributed by atoms with Crippen molar-refractivity contribution in [3.8, 4) is 0 Å². The van der Waals surface area contributed by atoms with Gasteiger partial charge in [0.1, 0.15) is 5.82 Å². The fraction of sp³-hybridized carbons (Fsp3) is 0.435. The molecule has 0 aromatic heterocycles. The van der Waals surface area contributed by atoms with Gasteiger partial charge in [-0.1, -0.05) is 29.8 Å². The summed E-state index contributed by atoms with van der Waals surface area (Å²) in [6, 6.07) is 15.3. The van der Waals surface area contributed by atoms with Crippen LogP contribution in [0.1, 0.15) is 65.9 Å². The summed E-state index contributed by atoms with van der Waals surface area (Å²) in [5.41, 5.74) is 3.42.